The number of halogens is 1. The van der Waals surface area contributed by atoms with Crippen LogP contribution >= 0.6 is 0 Å². The summed E-state index contributed by atoms with van der Waals surface area (Å²) in [5.74, 6) is -0.275. The lowest BCUT2D eigenvalue weighted by molar-refractivity contribution is 0.385. The van der Waals surface area contributed by atoms with Crippen molar-refractivity contribution in [2.24, 2.45) is 0 Å². The number of hydrogen-bond donors (Lipinski definition) is 1. The fourth-order valence-corrected chi connectivity index (χ4v) is 3.34. The maximum absolute atomic E-state index is 13.7. The van der Waals surface area contributed by atoms with Crippen LogP contribution in [0, 0.1) is 5.82 Å². The lowest BCUT2D eigenvalue weighted by Crippen LogP contribution is -2.29. The van der Waals surface area contributed by atoms with Crippen LogP contribution in [-0.4, -0.2) is 30.3 Å². The average Bonchev–Trinajstić information content (AvgIpc) is 2.96. The summed E-state index contributed by atoms with van der Waals surface area (Å²) in [4.78, 5) is -0.182. The van der Waals surface area contributed by atoms with Gasteiger partial charge in [0.15, 0.2) is 17.4 Å². The van der Waals surface area contributed by atoms with Gasteiger partial charge in [0.05, 0.1) is 18.0 Å². The Morgan fingerprint density at radius 1 is 1.30 bits per heavy atom. The molecule has 0 bridgehead atoms. The van der Waals surface area contributed by atoms with Gasteiger partial charge in [-0.1, -0.05) is 0 Å². The molecule has 1 aromatic carbocycles. The molecule has 2 rings (SSSR count). The number of rotatable bonds is 6. The molecule has 1 atom stereocenters. The standard InChI is InChI=1S/C14H19FN4O3S/c1-9(2)19-8-16-17-14(19)10(3)18-23(20,21)11-5-6-13(22-4)12(15)7-11/h5-10,18H,1-4H3/t10-/m1/s1. The highest BCUT2D eigenvalue weighted by atomic mass is 32.2. The van der Waals surface area contributed by atoms with E-state index in [1.54, 1.807) is 11.5 Å². The summed E-state index contributed by atoms with van der Waals surface area (Å²) < 4.78 is 47.5. The molecule has 2 aromatic rings. The van der Waals surface area contributed by atoms with E-state index in [2.05, 4.69) is 14.9 Å². The van der Waals surface area contributed by atoms with E-state index in [-0.39, 0.29) is 16.7 Å². The first kappa shape index (κ1) is 17.4. The molecule has 0 aliphatic rings. The van der Waals surface area contributed by atoms with Crippen LogP contribution in [0.2, 0.25) is 0 Å². The number of nitrogens with zero attached hydrogens (tertiary/aromatic N) is 3. The second-order valence-electron chi connectivity index (χ2n) is 5.33. The van der Waals surface area contributed by atoms with Crippen LogP contribution in [-0.2, 0) is 10.0 Å². The molecule has 0 saturated heterocycles. The Morgan fingerprint density at radius 2 is 2.00 bits per heavy atom. The Labute approximate surface area is 134 Å². The van der Waals surface area contributed by atoms with E-state index in [0.29, 0.717) is 5.82 Å². The van der Waals surface area contributed by atoms with Crippen LogP contribution in [0.25, 0.3) is 0 Å². The molecule has 1 N–H and O–H groups in total. The Balaban J connectivity index is 2.27. The van der Waals surface area contributed by atoms with Gasteiger partial charge in [-0.3, -0.25) is 0 Å². The molecule has 0 radical (unpaired) electrons. The molecular formula is C14H19FN4O3S. The Bertz CT molecular complexity index is 789. The minimum Gasteiger partial charge on any atom is -0.494 e. The number of sulfonamides is 1. The van der Waals surface area contributed by atoms with E-state index >= 15 is 0 Å². The van der Waals surface area contributed by atoms with Gasteiger partial charge in [-0.25, -0.2) is 17.5 Å². The zero-order valence-electron chi connectivity index (χ0n) is 13.3. The van der Waals surface area contributed by atoms with Crippen LogP contribution < -0.4 is 9.46 Å². The molecule has 0 aliphatic carbocycles. The summed E-state index contributed by atoms with van der Waals surface area (Å²) in [5.41, 5.74) is 0. The maximum Gasteiger partial charge on any atom is 0.241 e. The topological polar surface area (TPSA) is 86.1 Å². The summed E-state index contributed by atoms with van der Waals surface area (Å²) >= 11 is 0. The molecule has 0 saturated carbocycles. The van der Waals surface area contributed by atoms with Crippen LogP contribution in [0.4, 0.5) is 4.39 Å². The van der Waals surface area contributed by atoms with Gasteiger partial charge >= 0.3 is 0 Å². The summed E-state index contributed by atoms with van der Waals surface area (Å²) in [6.07, 6.45) is 1.54. The fraction of sp³-hybridized carbons (Fsp3) is 0.429. The van der Waals surface area contributed by atoms with Gasteiger partial charge in [-0.2, -0.15) is 0 Å². The second kappa shape index (κ2) is 6.63. The van der Waals surface area contributed by atoms with E-state index in [1.165, 1.54) is 25.6 Å². The third-order valence-corrected chi connectivity index (χ3v) is 4.85. The lowest BCUT2D eigenvalue weighted by atomic mass is 10.3. The minimum absolute atomic E-state index is 0.0171. The summed E-state index contributed by atoms with van der Waals surface area (Å²) in [6, 6.07) is 2.94. The van der Waals surface area contributed by atoms with E-state index in [9.17, 15) is 12.8 Å². The molecule has 7 nitrogen and oxygen atoms in total. The monoisotopic (exact) mass is 342 g/mol. The van der Waals surface area contributed by atoms with Gasteiger partial charge in [0.2, 0.25) is 10.0 Å². The van der Waals surface area contributed by atoms with Crippen molar-refractivity contribution >= 4 is 10.0 Å². The Morgan fingerprint density at radius 3 is 2.57 bits per heavy atom. The van der Waals surface area contributed by atoms with Gasteiger partial charge < -0.3 is 9.30 Å². The predicted molar refractivity (Wildman–Crippen MR) is 82.1 cm³/mol. The van der Waals surface area contributed by atoms with Crippen LogP contribution in [0.3, 0.4) is 0 Å². The smallest absolute Gasteiger partial charge is 0.241 e. The first-order chi connectivity index (χ1) is 10.8. The molecule has 9 heteroatoms. The normalized spacial score (nSPS) is 13.3. The number of methoxy groups -OCH3 is 1. The highest BCUT2D eigenvalue weighted by Crippen LogP contribution is 2.22. The number of nitrogens with one attached hydrogen (secondary N) is 1. The Hall–Kier alpha value is -2.00. The average molecular weight is 342 g/mol. The number of ether oxygens (including phenoxy) is 1. The molecular weight excluding hydrogens is 323 g/mol. The summed E-state index contributed by atoms with van der Waals surface area (Å²) in [6.45, 7) is 5.53. The Kier molecular flexibility index (Phi) is 5.00. The molecule has 1 heterocycles. The van der Waals surface area contributed by atoms with E-state index in [0.717, 1.165) is 6.07 Å². The van der Waals surface area contributed by atoms with Crippen molar-refractivity contribution in [3.8, 4) is 5.75 Å². The van der Waals surface area contributed by atoms with Crippen molar-refractivity contribution in [3.63, 3.8) is 0 Å². The first-order valence-electron chi connectivity index (χ1n) is 7.01. The molecule has 0 aliphatic heterocycles. The molecule has 1 aromatic heterocycles. The largest absolute Gasteiger partial charge is 0.494 e. The summed E-state index contributed by atoms with van der Waals surface area (Å²) in [7, 11) is -2.59. The van der Waals surface area contributed by atoms with Gasteiger partial charge in [-0.05, 0) is 39.0 Å². The molecule has 0 amide bonds. The van der Waals surface area contributed by atoms with Gasteiger partial charge in [-0.15, -0.1) is 10.2 Å². The summed E-state index contributed by atoms with van der Waals surface area (Å²) in [5, 5.41) is 7.76. The zero-order chi connectivity index (χ0) is 17.2. The van der Waals surface area contributed by atoms with E-state index in [4.69, 9.17) is 4.74 Å². The molecule has 0 fully saturated rings. The fourth-order valence-electron chi connectivity index (χ4n) is 2.13. The van der Waals surface area contributed by atoms with Crippen LogP contribution in [0.15, 0.2) is 29.4 Å². The lowest BCUT2D eigenvalue weighted by Gasteiger charge is -2.17. The van der Waals surface area contributed by atoms with Crippen molar-refractivity contribution in [1.29, 1.82) is 0 Å². The van der Waals surface area contributed by atoms with Gasteiger partial charge in [0, 0.05) is 6.04 Å². The highest BCUT2D eigenvalue weighted by Gasteiger charge is 2.23. The zero-order valence-corrected chi connectivity index (χ0v) is 14.1. The van der Waals surface area contributed by atoms with E-state index in [1.807, 2.05) is 13.8 Å². The van der Waals surface area contributed by atoms with Crippen molar-refractivity contribution in [2.45, 2.75) is 37.8 Å². The van der Waals surface area contributed by atoms with Crippen molar-refractivity contribution in [1.82, 2.24) is 19.5 Å². The second-order valence-corrected chi connectivity index (χ2v) is 7.04. The van der Waals surface area contributed by atoms with Gasteiger partial charge in [0.1, 0.15) is 6.33 Å². The molecule has 23 heavy (non-hydrogen) atoms. The van der Waals surface area contributed by atoms with Crippen LogP contribution in [0.5, 0.6) is 5.75 Å². The van der Waals surface area contributed by atoms with Crippen molar-refractivity contribution < 1.29 is 17.5 Å². The number of benzene rings is 1. The van der Waals surface area contributed by atoms with Crippen LogP contribution in [0.1, 0.15) is 38.7 Å². The van der Waals surface area contributed by atoms with Crippen molar-refractivity contribution in [3.05, 3.63) is 36.2 Å². The minimum atomic E-state index is -3.90. The highest BCUT2D eigenvalue weighted by molar-refractivity contribution is 7.89. The van der Waals surface area contributed by atoms with Gasteiger partial charge in [0.25, 0.3) is 0 Å². The maximum atomic E-state index is 13.7. The van der Waals surface area contributed by atoms with E-state index < -0.39 is 21.9 Å². The molecule has 0 unspecified atom stereocenters. The number of hydrogen-bond acceptors (Lipinski definition) is 5. The third kappa shape index (κ3) is 3.67. The number of aromatic nitrogens is 3. The quantitative estimate of drug-likeness (QED) is 0.868. The SMILES string of the molecule is COc1ccc(S(=O)(=O)N[C@H](C)c2nncn2C(C)C)cc1F. The molecule has 126 valence electrons. The van der Waals surface area contributed by atoms with Crippen molar-refractivity contribution in [2.75, 3.05) is 7.11 Å². The molecule has 0 spiro atoms. The predicted octanol–water partition coefficient (Wildman–Crippen LogP) is 2.05. The third-order valence-electron chi connectivity index (χ3n) is 3.31. The first-order valence-corrected chi connectivity index (χ1v) is 8.50.